The normalized spacial score (nSPS) is 29.8. The topological polar surface area (TPSA) is 80.8 Å². The fourth-order valence-electron chi connectivity index (χ4n) is 5.40. The lowest BCUT2D eigenvalue weighted by Crippen LogP contribution is -2.56. The van der Waals surface area contributed by atoms with Gasteiger partial charge >= 0.3 is 0 Å². The summed E-state index contributed by atoms with van der Waals surface area (Å²) in [6.45, 7) is 3.91. The molecular formula is C25H29ClN4O2. The summed E-state index contributed by atoms with van der Waals surface area (Å²) in [5.74, 6) is 0.301. The zero-order valence-corrected chi connectivity index (χ0v) is 19.3. The number of pyridine rings is 1. The minimum absolute atomic E-state index is 0.00973. The molecule has 2 bridgehead atoms. The fraction of sp³-hybridized carbons (Fsp3) is 0.480. The summed E-state index contributed by atoms with van der Waals surface area (Å²) in [7, 11) is 0. The average molecular weight is 453 g/mol. The van der Waals surface area contributed by atoms with Gasteiger partial charge in [-0.25, -0.2) is 4.99 Å². The van der Waals surface area contributed by atoms with Crippen molar-refractivity contribution in [3.8, 4) is 0 Å². The van der Waals surface area contributed by atoms with Crippen LogP contribution in [-0.2, 0) is 21.5 Å². The number of fused-ring (bicyclic) bond motifs is 2. The molecule has 0 aliphatic carbocycles. The molecule has 1 unspecified atom stereocenters. The molecule has 0 radical (unpaired) electrons. The van der Waals surface area contributed by atoms with E-state index in [-0.39, 0.29) is 30.6 Å². The molecule has 2 aromatic rings. The summed E-state index contributed by atoms with van der Waals surface area (Å²) in [6, 6.07) is 10.1. The lowest BCUT2D eigenvalue weighted by Gasteiger charge is -2.42. The van der Waals surface area contributed by atoms with Crippen LogP contribution < -0.4 is 5.73 Å². The second-order valence-electron chi connectivity index (χ2n) is 9.53. The number of hydrogen-bond acceptors (Lipinski definition) is 5. The number of nitrogens with zero attached hydrogens (tertiary/aromatic N) is 3. The molecule has 2 fully saturated rings. The smallest absolute Gasteiger partial charge is 0.232 e. The minimum atomic E-state index is -0.791. The zero-order chi connectivity index (χ0) is 22.5. The van der Waals surface area contributed by atoms with Gasteiger partial charge in [-0.2, -0.15) is 0 Å². The van der Waals surface area contributed by atoms with E-state index in [0.29, 0.717) is 17.4 Å². The molecule has 1 aromatic heterocycles. The number of ether oxygens (including phenoxy) is 1. The number of amides is 1. The molecule has 2 N–H and O–H groups in total. The van der Waals surface area contributed by atoms with Gasteiger partial charge in [-0.05, 0) is 62.3 Å². The number of guanidine groups is 1. The third-order valence-electron chi connectivity index (χ3n) is 7.03. The summed E-state index contributed by atoms with van der Waals surface area (Å²) in [6.07, 6.45) is 7.04. The van der Waals surface area contributed by atoms with Gasteiger partial charge in [0, 0.05) is 29.4 Å². The van der Waals surface area contributed by atoms with Crippen molar-refractivity contribution < 1.29 is 9.53 Å². The number of aromatic nitrogens is 1. The summed E-state index contributed by atoms with van der Waals surface area (Å²) >= 11 is 6.87. The van der Waals surface area contributed by atoms with Crippen LogP contribution in [0.2, 0.25) is 5.02 Å². The maximum atomic E-state index is 13.3. The van der Waals surface area contributed by atoms with Crippen LogP contribution in [0.3, 0.4) is 0 Å². The van der Waals surface area contributed by atoms with Crippen molar-refractivity contribution in [1.29, 1.82) is 0 Å². The fourth-order valence-corrected chi connectivity index (χ4v) is 5.79. The third kappa shape index (κ3) is 3.90. The average Bonchev–Trinajstić information content (AvgIpc) is 3.08. The molecule has 32 heavy (non-hydrogen) atoms. The summed E-state index contributed by atoms with van der Waals surface area (Å²) in [4.78, 5) is 24.3. The molecule has 0 spiro atoms. The van der Waals surface area contributed by atoms with Crippen LogP contribution in [0.15, 0.2) is 41.5 Å². The molecule has 4 heterocycles. The van der Waals surface area contributed by atoms with Crippen LogP contribution in [0.4, 0.5) is 0 Å². The Kier molecular flexibility index (Phi) is 5.46. The van der Waals surface area contributed by atoms with Crippen molar-refractivity contribution in [2.45, 2.75) is 76.2 Å². The maximum absolute atomic E-state index is 13.3. The maximum Gasteiger partial charge on any atom is 0.232 e. The molecule has 1 aromatic carbocycles. The Morgan fingerprint density at radius 2 is 1.97 bits per heavy atom. The third-order valence-corrected chi connectivity index (χ3v) is 7.48. The molecule has 0 saturated carbocycles. The van der Waals surface area contributed by atoms with E-state index in [1.165, 1.54) is 0 Å². The number of nitrogens with two attached hydrogens (primary N) is 1. The first-order valence-electron chi connectivity index (χ1n) is 11.3. The Morgan fingerprint density at radius 3 is 2.62 bits per heavy atom. The van der Waals surface area contributed by atoms with E-state index in [9.17, 15) is 4.79 Å². The standard InChI is InChI=1S/C25H29ClN4O2/c1-15-6-7-16(14-28-15)10-17-4-3-5-21(23(17)26)25(2)13-22(31)30(24(27)29-25)18-11-19-8-9-20(12-18)32-19/h3-7,14,18-20H,8-13H2,1-2H3,(H2,27,29)/t18?,19-,20+,25-/m0/s1. The van der Waals surface area contributed by atoms with Gasteiger partial charge in [0.1, 0.15) is 0 Å². The zero-order valence-electron chi connectivity index (χ0n) is 18.6. The monoisotopic (exact) mass is 452 g/mol. The van der Waals surface area contributed by atoms with Crippen LogP contribution in [-0.4, -0.2) is 40.0 Å². The first kappa shape index (κ1) is 21.4. The summed E-state index contributed by atoms with van der Waals surface area (Å²) in [5, 5.41) is 0.637. The molecule has 168 valence electrons. The van der Waals surface area contributed by atoms with Gasteiger partial charge in [0.05, 0.1) is 24.2 Å². The van der Waals surface area contributed by atoms with Crippen molar-refractivity contribution >= 4 is 23.5 Å². The number of hydrogen-bond donors (Lipinski definition) is 1. The van der Waals surface area contributed by atoms with Crippen molar-refractivity contribution in [3.63, 3.8) is 0 Å². The Bertz CT molecular complexity index is 1060. The Balaban J connectivity index is 1.42. The number of aryl methyl sites for hydroxylation is 1. The highest BCUT2D eigenvalue weighted by Crippen LogP contribution is 2.41. The molecular weight excluding hydrogens is 424 g/mol. The van der Waals surface area contributed by atoms with E-state index < -0.39 is 5.54 Å². The van der Waals surface area contributed by atoms with Gasteiger partial charge in [0.15, 0.2) is 5.96 Å². The van der Waals surface area contributed by atoms with Crippen LogP contribution in [0.5, 0.6) is 0 Å². The second kappa shape index (κ2) is 8.16. The Labute approximate surface area is 193 Å². The molecule has 1 amide bonds. The van der Waals surface area contributed by atoms with E-state index in [1.54, 1.807) is 4.90 Å². The number of benzene rings is 1. The second-order valence-corrected chi connectivity index (χ2v) is 9.91. The highest BCUT2D eigenvalue weighted by Gasteiger charge is 2.45. The van der Waals surface area contributed by atoms with E-state index >= 15 is 0 Å². The first-order valence-corrected chi connectivity index (χ1v) is 11.7. The quantitative estimate of drug-likeness (QED) is 0.757. The van der Waals surface area contributed by atoms with E-state index in [0.717, 1.165) is 48.1 Å². The van der Waals surface area contributed by atoms with Crippen molar-refractivity contribution in [3.05, 3.63) is 63.9 Å². The minimum Gasteiger partial charge on any atom is -0.375 e. The van der Waals surface area contributed by atoms with Gasteiger partial charge in [-0.15, -0.1) is 0 Å². The van der Waals surface area contributed by atoms with Crippen LogP contribution in [0.25, 0.3) is 0 Å². The van der Waals surface area contributed by atoms with Crippen LogP contribution in [0.1, 0.15) is 61.4 Å². The molecule has 2 saturated heterocycles. The summed E-state index contributed by atoms with van der Waals surface area (Å²) in [5.41, 5.74) is 9.51. The van der Waals surface area contributed by atoms with Crippen LogP contribution in [0, 0.1) is 6.92 Å². The highest BCUT2D eigenvalue weighted by atomic mass is 35.5. The molecule has 4 atom stereocenters. The van der Waals surface area contributed by atoms with E-state index in [2.05, 4.69) is 11.1 Å². The number of aliphatic imine (C=N–C) groups is 1. The number of carbonyl (C=O) groups excluding carboxylic acids is 1. The predicted octanol–water partition coefficient (Wildman–Crippen LogP) is 4.11. The van der Waals surface area contributed by atoms with E-state index in [1.807, 2.05) is 44.3 Å². The van der Waals surface area contributed by atoms with Crippen LogP contribution >= 0.6 is 11.6 Å². The van der Waals surface area contributed by atoms with E-state index in [4.69, 9.17) is 27.1 Å². The van der Waals surface area contributed by atoms with Gasteiger partial charge in [-0.1, -0.05) is 35.9 Å². The first-order chi connectivity index (χ1) is 15.3. The van der Waals surface area contributed by atoms with Gasteiger partial charge in [0.2, 0.25) is 5.91 Å². The molecule has 5 rings (SSSR count). The molecule has 6 nitrogen and oxygen atoms in total. The number of carbonyl (C=O) groups is 1. The van der Waals surface area contributed by atoms with Crippen molar-refractivity contribution in [2.75, 3.05) is 0 Å². The Morgan fingerprint density at radius 1 is 1.22 bits per heavy atom. The number of rotatable bonds is 4. The summed E-state index contributed by atoms with van der Waals surface area (Å²) < 4.78 is 5.94. The number of halogens is 1. The van der Waals surface area contributed by atoms with Crippen molar-refractivity contribution in [2.24, 2.45) is 10.7 Å². The predicted molar refractivity (Wildman–Crippen MR) is 125 cm³/mol. The Hall–Kier alpha value is -2.44. The molecule has 3 aliphatic heterocycles. The largest absolute Gasteiger partial charge is 0.375 e. The van der Waals surface area contributed by atoms with Crippen molar-refractivity contribution in [1.82, 2.24) is 9.88 Å². The lowest BCUT2D eigenvalue weighted by atomic mass is 9.85. The molecule has 7 heteroatoms. The van der Waals surface area contributed by atoms with Gasteiger partial charge in [-0.3, -0.25) is 14.7 Å². The molecule has 3 aliphatic rings. The highest BCUT2D eigenvalue weighted by molar-refractivity contribution is 6.32. The van der Waals surface area contributed by atoms with Gasteiger partial charge in [0.25, 0.3) is 0 Å². The lowest BCUT2D eigenvalue weighted by molar-refractivity contribution is -0.134. The SMILES string of the molecule is Cc1ccc(Cc2cccc([C@]3(C)CC(=O)N(C4C[C@H]5CC[C@@H](C4)O5)C(N)=N3)c2Cl)cn1. The van der Waals surface area contributed by atoms with Gasteiger partial charge < -0.3 is 10.5 Å².